The quantitative estimate of drug-likeness (QED) is 0.0461. The van der Waals surface area contributed by atoms with E-state index in [9.17, 15) is 38.3 Å². The second-order valence-corrected chi connectivity index (χ2v) is 28.1. The molecule has 2 aromatic heterocycles. The van der Waals surface area contributed by atoms with Gasteiger partial charge in [0.15, 0.2) is 34.5 Å². The number of aromatic nitrogens is 4. The third-order valence-electron chi connectivity index (χ3n) is 12.2. The van der Waals surface area contributed by atoms with Crippen LogP contribution in [-0.4, -0.2) is 173 Å². The molecule has 2 aliphatic heterocycles. The molecular weight excluding hydrogens is 1170 g/mol. The van der Waals surface area contributed by atoms with Gasteiger partial charge in [0.2, 0.25) is 0 Å². The zero-order valence-electron chi connectivity index (χ0n) is 54.1. The molecule has 2 aliphatic rings. The predicted molar refractivity (Wildman–Crippen MR) is 339 cm³/mol. The molecule has 0 aromatic carbocycles. The third-order valence-corrected chi connectivity index (χ3v) is 18.0. The number of nitrogens with one attached hydrogen (secondary N) is 3. The second kappa shape index (κ2) is 40.3. The van der Waals surface area contributed by atoms with Crippen LogP contribution in [0.1, 0.15) is 164 Å². The minimum absolute atomic E-state index is 0.0396. The van der Waals surface area contributed by atoms with Gasteiger partial charge in [0.1, 0.15) is 12.2 Å². The van der Waals surface area contributed by atoms with Crippen molar-refractivity contribution in [2.24, 2.45) is 10.8 Å². The van der Waals surface area contributed by atoms with Gasteiger partial charge in [-0.3, -0.25) is 43.0 Å². The fourth-order valence-electron chi connectivity index (χ4n) is 7.97. The summed E-state index contributed by atoms with van der Waals surface area (Å²) < 4.78 is 70.7. The number of aliphatic hydroxyl groups is 2. The molecule has 5 N–H and O–H groups in total. The van der Waals surface area contributed by atoms with Gasteiger partial charge in [-0.05, 0) is 75.2 Å². The van der Waals surface area contributed by atoms with E-state index in [0.717, 1.165) is 27.5 Å². The fraction of sp³-hybridized carbons (Fsp3) is 0.825. The van der Waals surface area contributed by atoms with Crippen molar-refractivity contribution in [2.75, 3.05) is 51.1 Å². The maximum Gasteiger partial charge on any atom is 0.330 e. The van der Waals surface area contributed by atoms with Crippen molar-refractivity contribution in [3.05, 3.63) is 66.2 Å². The second-order valence-electron chi connectivity index (χ2n) is 24.0. The van der Waals surface area contributed by atoms with E-state index in [1.807, 2.05) is 81.1 Å². The number of nitrogens with zero attached hydrogens (tertiary/aromatic N) is 4. The smallest absolute Gasteiger partial charge is 0.330 e. The highest BCUT2D eigenvalue weighted by Crippen LogP contribution is 2.51. The Morgan fingerprint density at radius 1 is 0.750 bits per heavy atom. The molecule has 490 valence electrons. The molecule has 10 atom stereocenters. The molecule has 0 spiro atoms. The molecule has 21 nitrogen and oxygen atoms in total. The average Bonchev–Trinajstić information content (AvgIpc) is 3.53. The normalized spacial score (nSPS) is 22.0. The summed E-state index contributed by atoms with van der Waals surface area (Å²) >= 11 is 2.54. The van der Waals surface area contributed by atoms with Crippen molar-refractivity contribution >= 4 is 51.7 Å². The number of rotatable bonds is 25. The van der Waals surface area contributed by atoms with Crippen LogP contribution in [-0.2, 0) is 43.3 Å². The number of hydrogen-bond acceptors (Lipinski definition) is 19. The van der Waals surface area contributed by atoms with Gasteiger partial charge in [-0.15, -0.1) is 0 Å². The maximum absolute atomic E-state index is 16.1. The Labute approximate surface area is 511 Å². The lowest BCUT2D eigenvalue weighted by atomic mass is 9.99. The summed E-state index contributed by atoms with van der Waals surface area (Å²) in [7, 11) is 1.00. The van der Waals surface area contributed by atoms with Crippen LogP contribution in [0.25, 0.3) is 0 Å². The molecule has 0 radical (unpaired) electrons. The standard InChI is InChI=1S/C26H45FN3O7PS.C10H13FN2O4.C9H18O3S.C6H16NP.C6H15N/c1-10-19-21(22(27)26(9,36-19)29-12-11-20(31)28-24(29)33)37-38(30(17(2)3)18(4)5)35-14-13-34-15-16-39-23(32)25(6,7)8;1-2-5-8(15)7(11)9(17-5)13-4-3-6(14)12-10(13)16;1-9(2,3)8(11)13-7-6-12-5-4-10;1-5(2)7(8)6(3)4;1-5(2)7-6(3)4/h11-12,17-19,21-22H,10,13-16H2,1-9H3,(H,28,31,33);3-5,7-9,15H,2H2,1H3,(H,12,14,16);10H,4-7H2,1-3H3;5-6H,8H2,1-4H3;5-7H,1-4H3/t19-,21?,22+,26+,38?;5-,7+,8?,9-;;;/m11.../s1. The van der Waals surface area contributed by atoms with Gasteiger partial charge in [-0.1, -0.05) is 116 Å². The van der Waals surface area contributed by atoms with Crippen LogP contribution in [0.3, 0.4) is 0 Å². The Balaban J connectivity index is 0.00000124. The molecule has 27 heteroatoms. The number of thioether (sulfide) groups is 2. The van der Waals surface area contributed by atoms with Gasteiger partial charge < -0.3 is 43.5 Å². The minimum atomic E-state index is -1.72. The van der Waals surface area contributed by atoms with Crippen LogP contribution in [0.4, 0.5) is 8.78 Å². The first-order valence-corrected chi connectivity index (χ1v) is 32.7. The number of H-pyrrole nitrogens is 2. The Morgan fingerprint density at radius 3 is 1.58 bits per heavy atom. The molecule has 2 saturated heterocycles. The summed E-state index contributed by atoms with van der Waals surface area (Å²) in [6.07, 6.45) is -4.88. The Hall–Kier alpha value is -2.32. The highest BCUT2D eigenvalue weighted by Gasteiger charge is 2.56. The molecule has 4 heterocycles. The van der Waals surface area contributed by atoms with E-state index < -0.39 is 85.2 Å². The topological polar surface area (TPSA) is 258 Å². The van der Waals surface area contributed by atoms with Crippen molar-refractivity contribution in [1.29, 1.82) is 0 Å². The van der Waals surface area contributed by atoms with Gasteiger partial charge >= 0.3 is 11.4 Å². The summed E-state index contributed by atoms with van der Waals surface area (Å²) in [5.41, 5.74) is -4.99. The van der Waals surface area contributed by atoms with Gasteiger partial charge in [0.05, 0.1) is 51.8 Å². The van der Waals surface area contributed by atoms with Crippen molar-refractivity contribution in [2.45, 2.75) is 243 Å². The van der Waals surface area contributed by atoms with Crippen molar-refractivity contribution in [1.82, 2.24) is 33.8 Å². The van der Waals surface area contributed by atoms with Crippen LogP contribution in [0.15, 0.2) is 43.7 Å². The lowest BCUT2D eigenvalue weighted by Gasteiger charge is -2.37. The number of halogens is 2. The fourth-order valence-corrected chi connectivity index (χ4v) is 11.4. The molecule has 2 fully saturated rings. The number of carbonyl (C=O) groups is 2. The number of ether oxygens (including phenoxy) is 4. The van der Waals surface area contributed by atoms with E-state index in [-0.39, 0.29) is 40.9 Å². The molecular formula is C57H107F2N7O14P2S2. The monoisotopic (exact) mass is 1280 g/mol. The lowest BCUT2D eigenvalue weighted by molar-refractivity contribution is -0.118. The molecule has 4 rings (SSSR count). The predicted octanol–water partition coefficient (Wildman–Crippen LogP) is 8.56. The number of hydrogen-bond donors (Lipinski definition) is 5. The van der Waals surface area contributed by atoms with Crippen LogP contribution < -0.4 is 27.8 Å². The molecule has 0 amide bonds. The first kappa shape index (κ1) is 81.7. The van der Waals surface area contributed by atoms with Gasteiger partial charge in [0.25, 0.3) is 19.6 Å². The molecule has 0 aliphatic carbocycles. The Kier molecular flexibility index (Phi) is 39.2. The van der Waals surface area contributed by atoms with E-state index in [1.54, 1.807) is 6.92 Å². The first-order valence-electron chi connectivity index (χ1n) is 29.0. The zero-order valence-corrected chi connectivity index (χ0v) is 57.7. The summed E-state index contributed by atoms with van der Waals surface area (Å²) in [5, 5.41) is 21.6. The largest absolute Gasteiger partial charge is 0.394 e. The first-order chi connectivity index (χ1) is 38.8. The lowest BCUT2D eigenvalue weighted by Crippen LogP contribution is -2.48. The van der Waals surface area contributed by atoms with Crippen molar-refractivity contribution < 1.29 is 56.6 Å². The summed E-state index contributed by atoms with van der Waals surface area (Å²) in [4.78, 5) is 73.9. The zero-order chi connectivity index (χ0) is 65.0. The van der Waals surface area contributed by atoms with Crippen LogP contribution in [0.2, 0.25) is 0 Å². The molecule has 84 heavy (non-hydrogen) atoms. The molecule has 0 saturated carbocycles. The summed E-state index contributed by atoms with van der Waals surface area (Å²) in [6, 6.07) is 4.88. The maximum atomic E-state index is 16.1. The summed E-state index contributed by atoms with van der Waals surface area (Å²) in [6.45, 7) is 43.7. The summed E-state index contributed by atoms with van der Waals surface area (Å²) in [5.74, 6) is 1.21. The molecule has 0 bridgehead atoms. The Bertz CT molecular complexity index is 2380. The van der Waals surface area contributed by atoms with E-state index in [0.29, 0.717) is 74.9 Å². The van der Waals surface area contributed by atoms with E-state index in [1.165, 1.54) is 36.6 Å². The number of alkyl halides is 2. The van der Waals surface area contributed by atoms with E-state index >= 15 is 4.39 Å². The number of aliphatic hydroxyl groups excluding tert-OH is 2. The highest BCUT2D eigenvalue weighted by molar-refractivity contribution is 8.14. The molecule has 2 aromatic rings. The third kappa shape index (κ3) is 29.3. The number of carbonyl (C=O) groups excluding carboxylic acids is 2. The number of aromatic amines is 2. The van der Waals surface area contributed by atoms with Gasteiger partial charge in [-0.2, -0.15) is 0 Å². The minimum Gasteiger partial charge on any atom is -0.394 e. The molecule has 4 unspecified atom stereocenters. The van der Waals surface area contributed by atoms with Gasteiger partial charge in [-0.25, -0.2) is 23.0 Å². The Morgan fingerprint density at radius 2 is 1.21 bits per heavy atom. The van der Waals surface area contributed by atoms with Crippen molar-refractivity contribution in [3.8, 4) is 0 Å². The SMILES string of the molecule is CC(C)(C)C(=O)SCCOCCO.CC(C)N(P)C(C)C.CC(C)NC(C)C.CC[C@H]1O[C@@H](n2ccc(=O)[nH]c2=O)[C@@H](F)C1O.CC[C@H]1O[C@](C)(n2ccc(=O)[nH]c2=O)[C@@H](F)C1OP(OCCOCCSC(=O)C(C)(C)C)N(C(C)C)C(C)C. The highest BCUT2D eigenvalue weighted by atomic mass is 32.2. The van der Waals surface area contributed by atoms with E-state index in [4.69, 9.17) is 33.1 Å². The average molecular weight is 1280 g/mol. The van der Waals surface area contributed by atoms with Crippen LogP contribution in [0.5, 0.6) is 0 Å². The van der Waals surface area contributed by atoms with Crippen LogP contribution in [0, 0.1) is 10.8 Å². The van der Waals surface area contributed by atoms with Gasteiger partial charge in [0, 0.05) is 83.1 Å². The van der Waals surface area contributed by atoms with E-state index in [2.05, 4.69) is 84.4 Å². The van der Waals surface area contributed by atoms with Crippen molar-refractivity contribution in [3.63, 3.8) is 0 Å². The van der Waals surface area contributed by atoms with Crippen LogP contribution >= 0.6 is 41.4 Å².